The maximum absolute atomic E-state index is 6.46. The van der Waals surface area contributed by atoms with Crippen LogP contribution in [0, 0.1) is 0 Å². The molecule has 8 aromatic carbocycles. The van der Waals surface area contributed by atoms with Crippen molar-refractivity contribution in [3.8, 4) is 67.5 Å². The van der Waals surface area contributed by atoms with Crippen LogP contribution in [0.3, 0.4) is 0 Å². The number of rotatable bonds is 4. The number of hydrogen-bond donors (Lipinski definition) is 0. The van der Waals surface area contributed by atoms with Crippen molar-refractivity contribution in [3.63, 3.8) is 0 Å². The lowest BCUT2D eigenvalue weighted by atomic mass is 9.99. The van der Waals surface area contributed by atoms with E-state index in [2.05, 4.69) is 115 Å². The summed E-state index contributed by atoms with van der Waals surface area (Å²) in [4.78, 5) is 15.9. The van der Waals surface area contributed by atoms with E-state index >= 15 is 0 Å². The van der Waals surface area contributed by atoms with Crippen molar-refractivity contribution in [1.82, 2.24) is 15.0 Å². The second-order valence-corrected chi connectivity index (χ2v) is 13.9. The molecule has 0 bridgehead atoms. The predicted molar refractivity (Wildman–Crippen MR) is 218 cm³/mol. The summed E-state index contributed by atoms with van der Waals surface area (Å²) in [5.41, 5.74) is 13.1. The van der Waals surface area contributed by atoms with Crippen molar-refractivity contribution < 1.29 is 8.83 Å². The molecule has 1 aliphatic rings. The van der Waals surface area contributed by atoms with Gasteiger partial charge in [-0.2, -0.15) is 0 Å². The lowest BCUT2D eigenvalue weighted by Gasteiger charge is -2.12. The fourth-order valence-corrected chi connectivity index (χ4v) is 8.48. The number of hydrogen-bond acceptors (Lipinski definition) is 5. The minimum atomic E-state index is 0.573. The Morgan fingerprint density at radius 1 is 0.296 bits per heavy atom. The Hall–Kier alpha value is -7.37. The molecule has 250 valence electrons. The molecule has 0 fully saturated rings. The molecule has 0 aliphatic heterocycles. The zero-order chi connectivity index (χ0) is 35.3. The van der Waals surface area contributed by atoms with Gasteiger partial charge in [0.1, 0.15) is 22.3 Å². The van der Waals surface area contributed by atoms with Gasteiger partial charge in [-0.25, -0.2) is 15.0 Å². The van der Waals surface area contributed by atoms with Gasteiger partial charge in [-0.15, -0.1) is 0 Å². The summed E-state index contributed by atoms with van der Waals surface area (Å²) >= 11 is 0. The van der Waals surface area contributed by atoms with Gasteiger partial charge in [0.15, 0.2) is 17.5 Å². The first kappa shape index (κ1) is 29.2. The van der Waals surface area contributed by atoms with E-state index in [4.69, 9.17) is 23.8 Å². The average Bonchev–Trinajstić information content (AvgIpc) is 3.91. The lowest BCUT2D eigenvalue weighted by molar-refractivity contribution is 0.668. The van der Waals surface area contributed by atoms with Gasteiger partial charge in [0.2, 0.25) is 0 Å². The summed E-state index contributed by atoms with van der Waals surface area (Å²) in [5.74, 6) is 1.75. The highest BCUT2D eigenvalue weighted by Gasteiger charge is 2.24. The smallest absolute Gasteiger partial charge is 0.164 e. The summed E-state index contributed by atoms with van der Waals surface area (Å²) < 4.78 is 12.8. The molecular weight excluding hydrogens is 663 g/mol. The van der Waals surface area contributed by atoms with E-state index in [-0.39, 0.29) is 0 Å². The number of furan rings is 2. The fourth-order valence-electron chi connectivity index (χ4n) is 8.48. The molecule has 0 amide bonds. The third-order valence-electron chi connectivity index (χ3n) is 10.9. The molecule has 0 N–H and O–H groups in total. The van der Waals surface area contributed by atoms with Crippen molar-refractivity contribution in [1.29, 1.82) is 0 Å². The summed E-state index contributed by atoms with van der Waals surface area (Å²) in [6, 6.07) is 56.8. The van der Waals surface area contributed by atoms with Crippen LogP contribution in [0.15, 0.2) is 173 Å². The molecule has 1 aliphatic carbocycles. The first-order chi connectivity index (χ1) is 26.7. The normalized spacial score (nSPS) is 12.1. The van der Waals surface area contributed by atoms with Crippen LogP contribution < -0.4 is 0 Å². The highest BCUT2D eigenvalue weighted by molar-refractivity contribution is 6.17. The van der Waals surface area contributed by atoms with Gasteiger partial charge < -0.3 is 8.83 Å². The molecule has 0 unspecified atom stereocenters. The van der Waals surface area contributed by atoms with E-state index in [0.29, 0.717) is 17.5 Å². The molecule has 0 spiro atoms. The highest BCUT2D eigenvalue weighted by atomic mass is 16.3. The van der Waals surface area contributed by atoms with Gasteiger partial charge in [-0.05, 0) is 86.6 Å². The van der Waals surface area contributed by atoms with Crippen LogP contribution in [-0.4, -0.2) is 15.0 Å². The van der Waals surface area contributed by atoms with Gasteiger partial charge in [-0.1, -0.05) is 121 Å². The van der Waals surface area contributed by atoms with Gasteiger partial charge in [0, 0.05) is 38.2 Å². The number of aromatic nitrogens is 3. The Balaban J connectivity index is 1.15. The largest absolute Gasteiger partial charge is 0.456 e. The van der Waals surface area contributed by atoms with Crippen LogP contribution in [-0.2, 0) is 0 Å². The molecule has 5 nitrogen and oxygen atoms in total. The molecule has 11 aromatic rings. The Bertz CT molecular complexity index is 3340. The van der Waals surface area contributed by atoms with E-state index in [1.807, 2.05) is 48.5 Å². The minimum Gasteiger partial charge on any atom is -0.456 e. The van der Waals surface area contributed by atoms with Crippen LogP contribution >= 0.6 is 0 Å². The van der Waals surface area contributed by atoms with Crippen LogP contribution in [0.1, 0.15) is 0 Å². The third-order valence-corrected chi connectivity index (χ3v) is 10.9. The lowest BCUT2D eigenvalue weighted by Crippen LogP contribution is -2.01. The topological polar surface area (TPSA) is 65.0 Å². The van der Waals surface area contributed by atoms with Gasteiger partial charge in [0.05, 0.1) is 0 Å². The number of fused-ring (bicyclic) bond motifs is 9. The monoisotopic (exact) mass is 689 g/mol. The van der Waals surface area contributed by atoms with E-state index in [1.165, 1.54) is 27.6 Å². The Kier molecular flexibility index (Phi) is 5.99. The number of benzene rings is 8. The fraction of sp³-hybridized carbons (Fsp3) is 0. The van der Waals surface area contributed by atoms with Crippen molar-refractivity contribution >= 4 is 54.6 Å². The zero-order valence-electron chi connectivity index (χ0n) is 28.7. The summed E-state index contributed by atoms with van der Waals surface area (Å²) in [5, 5.41) is 6.39. The second kappa shape index (κ2) is 11.1. The molecule has 0 saturated heterocycles. The maximum atomic E-state index is 6.46. The molecule has 5 heteroatoms. The van der Waals surface area contributed by atoms with E-state index in [9.17, 15) is 0 Å². The third kappa shape index (κ3) is 4.24. The summed E-state index contributed by atoms with van der Waals surface area (Å²) in [6.07, 6.45) is 0. The maximum Gasteiger partial charge on any atom is 0.164 e. The first-order valence-corrected chi connectivity index (χ1v) is 18.1. The van der Waals surface area contributed by atoms with Gasteiger partial charge >= 0.3 is 0 Å². The standard InChI is InChI=1S/C49H27N3O2/c1-2-11-28(12-3-1)29-23-24-41-39(26-29)46-37(19-10-22-43(46)54-41)49-51-47(31-25-30-13-8-17-34-32-14-4-5-15-33(32)38(27-31)44(30)34)50-48(52-49)36-18-9-21-42-45(36)35-16-6-7-20-40(35)53-42/h1-27H. The predicted octanol–water partition coefficient (Wildman–Crippen LogP) is 13.1. The van der Waals surface area contributed by atoms with Gasteiger partial charge in [0.25, 0.3) is 0 Å². The van der Waals surface area contributed by atoms with Gasteiger partial charge in [-0.3, -0.25) is 0 Å². The van der Waals surface area contributed by atoms with Crippen molar-refractivity contribution in [2.75, 3.05) is 0 Å². The minimum absolute atomic E-state index is 0.573. The molecule has 0 radical (unpaired) electrons. The van der Waals surface area contributed by atoms with Crippen molar-refractivity contribution in [3.05, 3.63) is 164 Å². The number of nitrogens with zero attached hydrogens (tertiary/aromatic N) is 3. The molecule has 54 heavy (non-hydrogen) atoms. The van der Waals surface area contributed by atoms with E-state index in [0.717, 1.165) is 77.1 Å². The Morgan fingerprint density at radius 2 is 0.870 bits per heavy atom. The molecule has 0 saturated carbocycles. The Morgan fingerprint density at radius 3 is 1.65 bits per heavy atom. The second-order valence-electron chi connectivity index (χ2n) is 13.9. The molecular formula is C49H27N3O2. The van der Waals surface area contributed by atoms with E-state index < -0.39 is 0 Å². The SMILES string of the molecule is c1ccc(-c2ccc3oc4cccc(-c5nc(-c6cc7c8c(cccc8c6)-c6ccccc6-7)nc(-c6cccc7oc8ccccc8c67)n5)c4c3c2)cc1. The number of para-hydroxylation sites is 1. The van der Waals surface area contributed by atoms with Crippen LogP contribution in [0.4, 0.5) is 0 Å². The molecule has 12 rings (SSSR count). The average molecular weight is 690 g/mol. The molecule has 0 atom stereocenters. The van der Waals surface area contributed by atoms with E-state index in [1.54, 1.807) is 0 Å². The summed E-state index contributed by atoms with van der Waals surface area (Å²) in [7, 11) is 0. The zero-order valence-corrected chi connectivity index (χ0v) is 28.7. The van der Waals surface area contributed by atoms with Crippen LogP contribution in [0.5, 0.6) is 0 Å². The summed E-state index contributed by atoms with van der Waals surface area (Å²) in [6.45, 7) is 0. The van der Waals surface area contributed by atoms with Crippen LogP contribution in [0.25, 0.3) is 122 Å². The van der Waals surface area contributed by atoms with Crippen molar-refractivity contribution in [2.24, 2.45) is 0 Å². The molecule has 3 heterocycles. The molecule has 3 aromatic heterocycles. The van der Waals surface area contributed by atoms with Crippen molar-refractivity contribution in [2.45, 2.75) is 0 Å². The highest BCUT2D eigenvalue weighted by Crippen LogP contribution is 2.49. The first-order valence-electron chi connectivity index (χ1n) is 18.1. The Labute approximate surface area is 308 Å². The quantitative estimate of drug-likeness (QED) is 0.184. The van der Waals surface area contributed by atoms with Crippen LogP contribution in [0.2, 0.25) is 0 Å².